The molecule has 0 aliphatic carbocycles. The summed E-state index contributed by atoms with van der Waals surface area (Å²) >= 11 is 0. The molecule has 0 amide bonds. The molecule has 0 aliphatic heterocycles. The quantitative estimate of drug-likeness (QED) is 0.178. The fourth-order valence-corrected chi connectivity index (χ4v) is 0.530. The largest absolute Gasteiger partial charge is 0.368 e. The molecule has 0 unspecified atom stereocenters. The van der Waals surface area contributed by atoms with Gasteiger partial charge in [0.05, 0.1) is 12.8 Å². The lowest BCUT2D eigenvalue weighted by Gasteiger charge is -2.05. The Hall–Kier alpha value is -2.52. The second-order valence-electron chi connectivity index (χ2n) is 2.48. The molecule has 90 valence electrons. The van der Waals surface area contributed by atoms with Crippen molar-refractivity contribution < 1.29 is 19.3 Å². The van der Waals surface area contributed by atoms with Crippen molar-refractivity contribution in [3.05, 3.63) is 0 Å². The molecule has 0 aliphatic rings. The van der Waals surface area contributed by atoms with Crippen molar-refractivity contribution in [1.82, 2.24) is 11.0 Å². The molecule has 10 heteroatoms. The predicted molar refractivity (Wildman–Crippen MR) is 51.5 cm³/mol. The number of nitrogens with one attached hydrogen (secondary N) is 4. The Balaban J connectivity index is 3.63. The van der Waals surface area contributed by atoms with E-state index >= 15 is 0 Å². The maximum absolute atomic E-state index is 10.9. The summed E-state index contributed by atoms with van der Waals surface area (Å²) in [5.74, 6) is -2.63. The number of carbonyl (C=O) groups excluding carboxylic acids is 2. The molecule has 0 radical (unpaired) electrons. The summed E-state index contributed by atoms with van der Waals surface area (Å²) in [6.45, 7) is 0. The molecule has 0 saturated heterocycles. The lowest BCUT2D eigenvalue weighted by Crippen LogP contribution is -2.34. The van der Waals surface area contributed by atoms with Gasteiger partial charge in [-0.15, -0.1) is 0 Å². The summed E-state index contributed by atoms with van der Waals surface area (Å²) < 4.78 is 0. The van der Waals surface area contributed by atoms with Crippen molar-refractivity contribution >= 4 is 23.9 Å². The molecule has 0 aromatic heterocycles. The van der Waals surface area contributed by atoms with Gasteiger partial charge in [0.1, 0.15) is 0 Å². The van der Waals surface area contributed by atoms with Crippen LogP contribution in [0.3, 0.4) is 0 Å². The highest BCUT2D eigenvalue weighted by atomic mass is 16.7. The highest BCUT2D eigenvalue weighted by Crippen LogP contribution is 1.93. The van der Waals surface area contributed by atoms with Crippen LogP contribution in [-0.4, -0.2) is 23.9 Å². The fraction of sp³-hybridized carbons (Fsp3) is 0.333. The summed E-state index contributed by atoms with van der Waals surface area (Å²) in [5, 5.41) is 13.3. The number of hydroxylamine groups is 2. The number of guanidine groups is 2. The van der Waals surface area contributed by atoms with Crippen molar-refractivity contribution in [3.8, 4) is 0 Å². The van der Waals surface area contributed by atoms with E-state index in [9.17, 15) is 9.59 Å². The van der Waals surface area contributed by atoms with E-state index in [2.05, 4.69) is 9.68 Å². The highest BCUT2D eigenvalue weighted by Gasteiger charge is 2.10. The van der Waals surface area contributed by atoms with Crippen LogP contribution in [0.4, 0.5) is 0 Å². The predicted octanol–water partition coefficient (Wildman–Crippen LogP) is -2.35. The van der Waals surface area contributed by atoms with Gasteiger partial charge in [-0.1, -0.05) is 0 Å². The van der Waals surface area contributed by atoms with Gasteiger partial charge >= 0.3 is 11.9 Å². The van der Waals surface area contributed by atoms with E-state index in [1.165, 1.54) is 0 Å². The third kappa shape index (κ3) is 8.10. The first-order valence-electron chi connectivity index (χ1n) is 4.01. The molecule has 0 rings (SSSR count). The summed E-state index contributed by atoms with van der Waals surface area (Å²) in [7, 11) is 0. The van der Waals surface area contributed by atoms with Gasteiger partial charge in [0, 0.05) is 0 Å². The maximum Gasteiger partial charge on any atom is 0.332 e. The van der Waals surface area contributed by atoms with Gasteiger partial charge in [0.15, 0.2) is 0 Å². The SMILES string of the molecule is N=C(N)NOC(=O)CCC(=O)ONC(=N)N. The Morgan fingerprint density at radius 2 is 1.25 bits per heavy atom. The van der Waals surface area contributed by atoms with Crippen molar-refractivity contribution in [1.29, 1.82) is 10.8 Å². The number of hydrogen-bond donors (Lipinski definition) is 6. The molecular weight excluding hydrogens is 220 g/mol. The van der Waals surface area contributed by atoms with Gasteiger partial charge in [0.25, 0.3) is 0 Å². The van der Waals surface area contributed by atoms with Crippen molar-refractivity contribution in [2.24, 2.45) is 11.5 Å². The minimum absolute atomic E-state index is 0.265. The standard InChI is InChI=1S/C6H12N6O4/c7-5(8)11-15-3(13)1-2-4(14)16-12-6(9)10/h1-2H2,(H4,7,8,11)(H4,9,10,12). The first-order valence-corrected chi connectivity index (χ1v) is 4.01. The third-order valence-corrected chi connectivity index (χ3v) is 1.08. The van der Waals surface area contributed by atoms with Crippen LogP contribution in [0.5, 0.6) is 0 Å². The van der Waals surface area contributed by atoms with Gasteiger partial charge in [-0.2, -0.15) is 11.0 Å². The zero-order valence-corrected chi connectivity index (χ0v) is 8.20. The molecule has 0 heterocycles. The molecular formula is C6H12N6O4. The molecule has 10 nitrogen and oxygen atoms in total. The molecule has 0 spiro atoms. The molecule has 0 saturated carbocycles. The van der Waals surface area contributed by atoms with Crippen LogP contribution < -0.4 is 22.4 Å². The van der Waals surface area contributed by atoms with Crippen LogP contribution in [0.25, 0.3) is 0 Å². The van der Waals surface area contributed by atoms with E-state index in [-0.39, 0.29) is 12.8 Å². The minimum atomic E-state index is -0.782. The van der Waals surface area contributed by atoms with Gasteiger partial charge in [-0.25, -0.2) is 9.59 Å². The van der Waals surface area contributed by atoms with Crippen LogP contribution in [0.15, 0.2) is 0 Å². The number of nitrogens with two attached hydrogens (primary N) is 2. The molecule has 0 aromatic carbocycles. The smallest absolute Gasteiger partial charge is 0.332 e. The molecule has 0 atom stereocenters. The lowest BCUT2D eigenvalue weighted by molar-refractivity contribution is -0.154. The van der Waals surface area contributed by atoms with Gasteiger partial charge in [0.2, 0.25) is 11.9 Å². The van der Waals surface area contributed by atoms with E-state index in [0.29, 0.717) is 0 Å². The van der Waals surface area contributed by atoms with Crippen LogP contribution in [-0.2, 0) is 19.3 Å². The number of hydrogen-bond acceptors (Lipinski definition) is 6. The fourth-order valence-electron chi connectivity index (χ4n) is 0.530. The first-order chi connectivity index (χ1) is 7.41. The first kappa shape index (κ1) is 13.5. The van der Waals surface area contributed by atoms with Gasteiger partial charge in [-0.3, -0.25) is 10.8 Å². The van der Waals surface area contributed by atoms with E-state index in [4.69, 9.17) is 22.3 Å². The third-order valence-electron chi connectivity index (χ3n) is 1.08. The van der Waals surface area contributed by atoms with E-state index < -0.39 is 23.9 Å². The maximum atomic E-state index is 10.9. The summed E-state index contributed by atoms with van der Waals surface area (Å²) in [6.07, 6.45) is -0.530. The Labute approximate surface area is 90.2 Å². The van der Waals surface area contributed by atoms with Crippen LogP contribution in [0.2, 0.25) is 0 Å². The Bertz CT molecular complexity index is 273. The zero-order valence-electron chi connectivity index (χ0n) is 8.20. The Kier molecular flexibility index (Phi) is 5.78. The second kappa shape index (κ2) is 6.86. The Morgan fingerprint density at radius 3 is 1.50 bits per heavy atom. The Morgan fingerprint density at radius 1 is 0.938 bits per heavy atom. The highest BCUT2D eigenvalue weighted by molar-refractivity contribution is 5.81. The molecule has 0 aromatic rings. The monoisotopic (exact) mass is 232 g/mol. The summed E-state index contributed by atoms with van der Waals surface area (Å²) in [6, 6.07) is 0. The minimum Gasteiger partial charge on any atom is -0.368 e. The molecule has 0 fully saturated rings. The number of carbonyl (C=O) groups is 2. The van der Waals surface area contributed by atoms with Crippen molar-refractivity contribution in [3.63, 3.8) is 0 Å². The van der Waals surface area contributed by atoms with E-state index in [1.54, 1.807) is 0 Å². The van der Waals surface area contributed by atoms with Crippen LogP contribution >= 0.6 is 0 Å². The normalized spacial score (nSPS) is 8.75. The second-order valence-corrected chi connectivity index (χ2v) is 2.48. The lowest BCUT2D eigenvalue weighted by atomic mass is 10.3. The van der Waals surface area contributed by atoms with Crippen molar-refractivity contribution in [2.75, 3.05) is 0 Å². The number of rotatable bonds is 3. The average molecular weight is 232 g/mol. The van der Waals surface area contributed by atoms with Gasteiger partial charge < -0.3 is 21.1 Å². The summed E-state index contributed by atoms with van der Waals surface area (Å²) in [4.78, 5) is 30.2. The molecule has 16 heavy (non-hydrogen) atoms. The zero-order chi connectivity index (χ0) is 12.6. The van der Waals surface area contributed by atoms with E-state index in [1.807, 2.05) is 11.0 Å². The average Bonchev–Trinajstić information content (AvgIpc) is 2.20. The molecule has 8 N–H and O–H groups in total. The summed E-state index contributed by atoms with van der Waals surface area (Å²) in [5.41, 5.74) is 13.3. The molecule has 0 bridgehead atoms. The van der Waals surface area contributed by atoms with E-state index in [0.717, 1.165) is 0 Å². The van der Waals surface area contributed by atoms with Gasteiger partial charge in [-0.05, 0) is 0 Å². The van der Waals surface area contributed by atoms with Crippen LogP contribution in [0, 0.1) is 10.8 Å². The topological polar surface area (TPSA) is 176 Å². The van der Waals surface area contributed by atoms with Crippen molar-refractivity contribution in [2.45, 2.75) is 12.8 Å². The van der Waals surface area contributed by atoms with Crippen LogP contribution in [0.1, 0.15) is 12.8 Å².